The second kappa shape index (κ2) is 5.27. The molecule has 0 radical (unpaired) electrons. The number of hydrogen-bond acceptors (Lipinski definition) is 2. The summed E-state index contributed by atoms with van der Waals surface area (Å²) in [5, 5.41) is 0.147. The van der Waals surface area contributed by atoms with Crippen molar-refractivity contribution in [1.82, 2.24) is 0 Å². The molecule has 0 saturated heterocycles. The number of nitrogen functional groups attached to an aromatic ring is 1. The highest BCUT2D eigenvalue weighted by atomic mass is 35.5. The quantitative estimate of drug-likeness (QED) is 0.857. The highest BCUT2D eigenvalue weighted by molar-refractivity contribution is 6.30. The lowest BCUT2D eigenvalue weighted by Gasteiger charge is -2.20. The fourth-order valence-electron chi connectivity index (χ4n) is 1.78. The molecular formula is C14H14ClFN2. The molecule has 0 aliphatic rings. The second-order valence-electron chi connectivity index (χ2n) is 4.16. The molecule has 0 atom stereocenters. The van der Waals surface area contributed by atoms with Gasteiger partial charge in [-0.25, -0.2) is 4.39 Å². The average molecular weight is 265 g/mol. The summed E-state index contributed by atoms with van der Waals surface area (Å²) in [5.41, 5.74) is 7.91. The van der Waals surface area contributed by atoms with Crippen LogP contribution in [-0.2, 0) is 6.54 Å². The van der Waals surface area contributed by atoms with E-state index in [0.717, 1.165) is 5.69 Å². The summed E-state index contributed by atoms with van der Waals surface area (Å²) in [6.45, 7) is 0.440. The Balaban J connectivity index is 2.21. The molecular weight excluding hydrogens is 251 g/mol. The molecule has 0 saturated carbocycles. The highest BCUT2D eigenvalue weighted by Crippen LogP contribution is 2.22. The minimum atomic E-state index is -0.366. The molecule has 2 nitrogen and oxygen atoms in total. The Labute approximate surface area is 111 Å². The average Bonchev–Trinajstić information content (AvgIpc) is 2.35. The normalized spacial score (nSPS) is 10.4. The van der Waals surface area contributed by atoms with Crippen LogP contribution in [0.1, 0.15) is 5.56 Å². The van der Waals surface area contributed by atoms with E-state index >= 15 is 0 Å². The second-order valence-corrected chi connectivity index (χ2v) is 4.57. The largest absolute Gasteiger partial charge is 0.399 e. The van der Waals surface area contributed by atoms with Crippen molar-refractivity contribution in [1.29, 1.82) is 0 Å². The van der Waals surface area contributed by atoms with Crippen LogP contribution in [0.3, 0.4) is 0 Å². The van der Waals surface area contributed by atoms with Crippen molar-refractivity contribution in [3.8, 4) is 0 Å². The van der Waals surface area contributed by atoms with Gasteiger partial charge < -0.3 is 10.6 Å². The fourth-order valence-corrected chi connectivity index (χ4v) is 1.97. The van der Waals surface area contributed by atoms with Crippen LogP contribution in [-0.4, -0.2) is 7.05 Å². The first kappa shape index (κ1) is 12.7. The predicted molar refractivity (Wildman–Crippen MR) is 74.4 cm³/mol. The summed E-state index contributed by atoms with van der Waals surface area (Å²) in [4.78, 5) is 1.92. The van der Waals surface area contributed by atoms with Crippen molar-refractivity contribution in [3.05, 3.63) is 58.9 Å². The van der Waals surface area contributed by atoms with Gasteiger partial charge in [0.2, 0.25) is 0 Å². The zero-order valence-electron chi connectivity index (χ0n) is 10.0. The van der Waals surface area contributed by atoms with Gasteiger partial charge in [0.05, 0.1) is 5.02 Å². The Kier molecular flexibility index (Phi) is 3.72. The lowest BCUT2D eigenvalue weighted by Crippen LogP contribution is -2.17. The van der Waals surface area contributed by atoms with E-state index in [1.165, 1.54) is 0 Å². The van der Waals surface area contributed by atoms with E-state index in [9.17, 15) is 4.39 Å². The zero-order chi connectivity index (χ0) is 13.1. The van der Waals surface area contributed by atoms with E-state index < -0.39 is 0 Å². The van der Waals surface area contributed by atoms with Crippen LogP contribution in [0.25, 0.3) is 0 Å². The van der Waals surface area contributed by atoms with Crippen LogP contribution >= 0.6 is 11.6 Å². The van der Waals surface area contributed by atoms with Crippen molar-refractivity contribution in [2.75, 3.05) is 17.7 Å². The van der Waals surface area contributed by atoms with Crippen LogP contribution in [0, 0.1) is 5.82 Å². The molecule has 2 rings (SSSR count). The number of anilines is 2. The molecule has 94 valence electrons. The molecule has 2 aromatic rings. The number of rotatable bonds is 3. The van der Waals surface area contributed by atoms with Crippen molar-refractivity contribution in [2.45, 2.75) is 6.54 Å². The Morgan fingerprint density at radius 1 is 1.22 bits per heavy atom. The standard InChI is InChI=1S/C14H14ClFN2/c1-18(12-6-3-5-11(17)8-12)9-10-4-2-7-13(15)14(10)16/h2-8H,9,17H2,1H3. The van der Waals surface area contributed by atoms with Gasteiger partial charge in [-0.05, 0) is 24.3 Å². The zero-order valence-corrected chi connectivity index (χ0v) is 10.8. The first-order chi connectivity index (χ1) is 8.58. The number of nitrogens with zero attached hydrogens (tertiary/aromatic N) is 1. The number of halogens is 2. The van der Waals surface area contributed by atoms with Gasteiger partial charge in [-0.15, -0.1) is 0 Å². The molecule has 0 aromatic heterocycles. The van der Waals surface area contributed by atoms with E-state index in [0.29, 0.717) is 17.8 Å². The fraction of sp³-hybridized carbons (Fsp3) is 0.143. The summed E-state index contributed by atoms with van der Waals surface area (Å²) in [7, 11) is 1.88. The van der Waals surface area contributed by atoms with Crippen molar-refractivity contribution >= 4 is 23.0 Å². The summed E-state index contributed by atoms with van der Waals surface area (Å²) < 4.78 is 13.8. The Morgan fingerprint density at radius 3 is 2.67 bits per heavy atom. The van der Waals surface area contributed by atoms with Gasteiger partial charge >= 0.3 is 0 Å². The van der Waals surface area contributed by atoms with Gasteiger partial charge in [-0.1, -0.05) is 29.8 Å². The van der Waals surface area contributed by atoms with Crippen molar-refractivity contribution in [2.24, 2.45) is 0 Å². The van der Waals surface area contributed by atoms with Crippen LogP contribution in [0.2, 0.25) is 5.02 Å². The molecule has 0 spiro atoms. The summed E-state index contributed by atoms with van der Waals surface area (Å²) in [5.74, 6) is -0.366. The summed E-state index contributed by atoms with van der Waals surface area (Å²) in [6.07, 6.45) is 0. The van der Waals surface area contributed by atoms with E-state index in [-0.39, 0.29) is 10.8 Å². The maximum Gasteiger partial charge on any atom is 0.146 e. The first-order valence-electron chi connectivity index (χ1n) is 5.57. The smallest absolute Gasteiger partial charge is 0.146 e. The third-order valence-corrected chi connectivity index (χ3v) is 3.04. The maximum absolute atomic E-state index is 13.8. The first-order valence-corrected chi connectivity index (χ1v) is 5.95. The van der Waals surface area contributed by atoms with E-state index in [4.69, 9.17) is 17.3 Å². The van der Waals surface area contributed by atoms with Gasteiger partial charge in [-0.2, -0.15) is 0 Å². The van der Waals surface area contributed by atoms with Crippen LogP contribution in [0.15, 0.2) is 42.5 Å². The van der Waals surface area contributed by atoms with E-state index in [1.807, 2.05) is 36.2 Å². The van der Waals surface area contributed by atoms with Crippen LogP contribution < -0.4 is 10.6 Å². The van der Waals surface area contributed by atoms with Crippen molar-refractivity contribution < 1.29 is 4.39 Å². The number of hydrogen-bond donors (Lipinski definition) is 1. The maximum atomic E-state index is 13.8. The van der Waals surface area contributed by atoms with E-state index in [2.05, 4.69) is 0 Å². The van der Waals surface area contributed by atoms with Gasteiger partial charge in [0.1, 0.15) is 5.82 Å². The Bertz CT molecular complexity index is 557. The van der Waals surface area contributed by atoms with Crippen LogP contribution in [0.5, 0.6) is 0 Å². The van der Waals surface area contributed by atoms with E-state index in [1.54, 1.807) is 18.2 Å². The lowest BCUT2D eigenvalue weighted by atomic mass is 10.2. The molecule has 0 unspecified atom stereocenters. The van der Waals surface area contributed by atoms with Gasteiger partial charge in [-0.3, -0.25) is 0 Å². The summed E-state index contributed by atoms with van der Waals surface area (Å²) >= 11 is 5.75. The SMILES string of the molecule is CN(Cc1cccc(Cl)c1F)c1cccc(N)c1. The molecule has 18 heavy (non-hydrogen) atoms. The molecule has 0 aliphatic heterocycles. The lowest BCUT2D eigenvalue weighted by molar-refractivity contribution is 0.608. The molecule has 4 heteroatoms. The topological polar surface area (TPSA) is 29.3 Å². The summed E-state index contributed by atoms with van der Waals surface area (Å²) in [6, 6.07) is 12.5. The van der Waals surface area contributed by atoms with Gasteiger partial charge in [0.25, 0.3) is 0 Å². The Morgan fingerprint density at radius 2 is 1.94 bits per heavy atom. The molecule has 0 bridgehead atoms. The third kappa shape index (κ3) is 2.74. The molecule has 0 fully saturated rings. The third-order valence-electron chi connectivity index (χ3n) is 2.75. The minimum absolute atomic E-state index is 0.147. The minimum Gasteiger partial charge on any atom is -0.399 e. The Hall–Kier alpha value is -1.74. The van der Waals surface area contributed by atoms with Crippen molar-refractivity contribution in [3.63, 3.8) is 0 Å². The monoisotopic (exact) mass is 264 g/mol. The molecule has 2 aromatic carbocycles. The van der Waals surface area contributed by atoms with Crippen LogP contribution in [0.4, 0.5) is 15.8 Å². The molecule has 2 N–H and O–H groups in total. The number of benzene rings is 2. The molecule has 0 heterocycles. The molecule has 0 amide bonds. The van der Waals surface area contributed by atoms with Gasteiger partial charge in [0.15, 0.2) is 0 Å². The highest BCUT2D eigenvalue weighted by Gasteiger charge is 2.09. The molecule has 0 aliphatic carbocycles. The van der Waals surface area contributed by atoms with Gasteiger partial charge in [0, 0.05) is 30.5 Å². The predicted octanol–water partition coefficient (Wildman–Crippen LogP) is 3.70. The number of nitrogens with two attached hydrogens (primary N) is 1.